The zero-order chi connectivity index (χ0) is 25.4. The van der Waals surface area contributed by atoms with E-state index in [4.69, 9.17) is 13.6 Å². The molecule has 0 aliphatic carbocycles. The molecule has 1 aromatic carbocycles. The van der Waals surface area contributed by atoms with Crippen LogP contribution < -0.4 is 5.63 Å². The standard InChI is InChI=1S/C29H38N2O5/c1-18-20(3)35-26-16-27-23(14-22(18)26)19(2)24(29(33)36-27)15-28(32)31(12-13-34-4)17-21-8-7-11-30-10-6-5-9-25(21)30/h14,16,21,25H,5-13,15,17H2,1-4H3. The molecule has 0 spiro atoms. The fourth-order valence-corrected chi connectivity index (χ4v) is 6.28. The molecule has 7 heteroatoms. The molecule has 2 fully saturated rings. The van der Waals surface area contributed by atoms with Crippen molar-refractivity contribution in [3.63, 3.8) is 0 Å². The fraction of sp³-hybridized carbons (Fsp3) is 0.586. The Balaban J connectivity index is 1.42. The minimum atomic E-state index is -0.449. The van der Waals surface area contributed by atoms with E-state index < -0.39 is 5.63 Å². The Morgan fingerprint density at radius 3 is 2.58 bits per heavy atom. The summed E-state index contributed by atoms with van der Waals surface area (Å²) in [4.78, 5) is 31.2. The Kier molecular flexibility index (Phi) is 7.22. The molecule has 2 aromatic heterocycles. The molecular formula is C29H38N2O5. The van der Waals surface area contributed by atoms with Crippen LogP contribution in [0.25, 0.3) is 21.9 Å². The first-order valence-corrected chi connectivity index (χ1v) is 13.3. The fourth-order valence-electron chi connectivity index (χ4n) is 6.28. The molecule has 36 heavy (non-hydrogen) atoms. The lowest BCUT2D eigenvalue weighted by Crippen LogP contribution is -2.52. The van der Waals surface area contributed by atoms with Gasteiger partial charge < -0.3 is 23.4 Å². The molecule has 7 nitrogen and oxygen atoms in total. The van der Waals surface area contributed by atoms with Crippen LogP contribution >= 0.6 is 0 Å². The maximum absolute atomic E-state index is 13.6. The van der Waals surface area contributed by atoms with Crippen LogP contribution in [0.15, 0.2) is 25.8 Å². The number of rotatable bonds is 7. The molecular weight excluding hydrogens is 456 g/mol. The average molecular weight is 495 g/mol. The number of benzene rings is 1. The molecule has 1 amide bonds. The van der Waals surface area contributed by atoms with E-state index >= 15 is 0 Å². The topological polar surface area (TPSA) is 76.1 Å². The van der Waals surface area contributed by atoms with Gasteiger partial charge in [0.05, 0.1) is 18.6 Å². The monoisotopic (exact) mass is 494 g/mol. The number of methoxy groups -OCH3 is 1. The average Bonchev–Trinajstić information content (AvgIpc) is 3.15. The number of nitrogens with zero attached hydrogens (tertiary/aromatic N) is 2. The Bertz CT molecular complexity index is 1320. The molecule has 0 N–H and O–H groups in total. The number of carbonyl (C=O) groups excluding carboxylic acids is 1. The van der Waals surface area contributed by atoms with Crippen LogP contribution in [0.4, 0.5) is 0 Å². The van der Waals surface area contributed by atoms with Gasteiger partial charge in [-0.1, -0.05) is 6.42 Å². The molecule has 4 heterocycles. The van der Waals surface area contributed by atoms with Gasteiger partial charge in [-0.05, 0) is 82.7 Å². The summed E-state index contributed by atoms with van der Waals surface area (Å²) in [6.07, 6.45) is 6.12. The van der Waals surface area contributed by atoms with E-state index in [1.807, 2.05) is 31.7 Å². The largest absolute Gasteiger partial charge is 0.461 e. The second-order valence-electron chi connectivity index (χ2n) is 10.6. The summed E-state index contributed by atoms with van der Waals surface area (Å²) < 4.78 is 16.9. The first-order chi connectivity index (χ1) is 17.4. The first kappa shape index (κ1) is 25.0. The highest BCUT2D eigenvalue weighted by molar-refractivity contribution is 5.97. The van der Waals surface area contributed by atoms with Crippen LogP contribution in [0, 0.1) is 26.7 Å². The highest BCUT2D eigenvalue weighted by Crippen LogP contribution is 2.33. The highest BCUT2D eigenvalue weighted by Gasteiger charge is 2.35. The summed E-state index contributed by atoms with van der Waals surface area (Å²) >= 11 is 0. The number of fused-ring (bicyclic) bond motifs is 3. The number of furan rings is 1. The van der Waals surface area contributed by atoms with Gasteiger partial charge in [-0.2, -0.15) is 0 Å². The number of ether oxygens (including phenoxy) is 1. The predicted molar refractivity (Wildman–Crippen MR) is 141 cm³/mol. The van der Waals surface area contributed by atoms with Crippen LogP contribution in [0.1, 0.15) is 54.6 Å². The molecule has 0 bridgehead atoms. The highest BCUT2D eigenvalue weighted by atomic mass is 16.5. The lowest BCUT2D eigenvalue weighted by atomic mass is 9.83. The van der Waals surface area contributed by atoms with E-state index in [1.165, 1.54) is 38.8 Å². The minimum absolute atomic E-state index is 0.0360. The number of aryl methyl sites for hydroxylation is 3. The summed E-state index contributed by atoms with van der Waals surface area (Å²) in [6.45, 7) is 9.95. The van der Waals surface area contributed by atoms with Crippen molar-refractivity contribution in [1.29, 1.82) is 0 Å². The van der Waals surface area contributed by atoms with Crippen molar-refractivity contribution in [3.05, 3.63) is 45.0 Å². The number of amides is 1. The normalized spacial score (nSPS) is 20.7. The second-order valence-corrected chi connectivity index (χ2v) is 10.6. The first-order valence-electron chi connectivity index (χ1n) is 13.3. The van der Waals surface area contributed by atoms with Gasteiger partial charge in [0.25, 0.3) is 0 Å². The zero-order valence-corrected chi connectivity index (χ0v) is 22.0. The summed E-state index contributed by atoms with van der Waals surface area (Å²) in [5.41, 5.74) is 3.07. The van der Waals surface area contributed by atoms with Crippen LogP contribution in [0.5, 0.6) is 0 Å². The molecule has 5 rings (SSSR count). The molecule has 2 unspecified atom stereocenters. The van der Waals surface area contributed by atoms with Crippen LogP contribution in [0.3, 0.4) is 0 Å². The van der Waals surface area contributed by atoms with E-state index in [0.29, 0.717) is 41.8 Å². The van der Waals surface area contributed by atoms with Crippen LogP contribution in [0.2, 0.25) is 0 Å². The van der Waals surface area contributed by atoms with Crippen LogP contribution in [-0.2, 0) is 16.0 Å². The molecule has 3 aromatic rings. The predicted octanol–water partition coefficient (Wildman–Crippen LogP) is 4.75. The molecule has 0 radical (unpaired) electrons. The van der Waals surface area contributed by atoms with Gasteiger partial charge in [0.2, 0.25) is 5.91 Å². The van der Waals surface area contributed by atoms with Gasteiger partial charge >= 0.3 is 5.63 Å². The summed E-state index contributed by atoms with van der Waals surface area (Å²) in [6, 6.07) is 4.36. The van der Waals surface area contributed by atoms with E-state index in [0.717, 1.165) is 40.6 Å². The quantitative estimate of drug-likeness (QED) is 0.442. The van der Waals surface area contributed by atoms with E-state index in [2.05, 4.69) is 4.90 Å². The minimum Gasteiger partial charge on any atom is -0.461 e. The molecule has 0 saturated carbocycles. The van der Waals surface area contributed by atoms with Gasteiger partial charge in [-0.15, -0.1) is 0 Å². The molecule has 2 saturated heterocycles. The molecule has 194 valence electrons. The van der Waals surface area contributed by atoms with Crippen molar-refractivity contribution in [2.24, 2.45) is 5.92 Å². The Hall–Kier alpha value is -2.64. The lowest BCUT2D eigenvalue weighted by Gasteiger charge is -2.45. The van der Waals surface area contributed by atoms with Crippen LogP contribution in [-0.4, -0.2) is 61.6 Å². The van der Waals surface area contributed by atoms with E-state index in [1.54, 1.807) is 13.2 Å². The van der Waals surface area contributed by atoms with Crippen molar-refractivity contribution in [2.45, 2.75) is 65.3 Å². The summed E-state index contributed by atoms with van der Waals surface area (Å²) in [7, 11) is 1.66. The van der Waals surface area contributed by atoms with Crippen molar-refractivity contribution in [2.75, 3.05) is 39.9 Å². The molecule has 2 aliphatic rings. The van der Waals surface area contributed by atoms with E-state index in [9.17, 15) is 9.59 Å². The maximum atomic E-state index is 13.6. The van der Waals surface area contributed by atoms with Crippen molar-refractivity contribution >= 4 is 27.8 Å². The summed E-state index contributed by atoms with van der Waals surface area (Å²) in [5, 5.41) is 1.85. The van der Waals surface area contributed by atoms with Crippen molar-refractivity contribution in [1.82, 2.24) is 9.80 Å². The van der Waals surface area contributed by atoms with Crippen molar-refractivity contribution in [3.8, 4) is 0 Å². The SMILES string of the molecule is COCCN(CC1CCCN2CCCCC12)C(=O)Cc1c(C)c2cc3c(C)c(C)oc3cc2oc1=O. The van der Waals surface area contributed by atoms with Gasteiger partial charge in [-0.25, -0.2) is 4.79 Å². The third kappa shape index (κ3) is 4.71. The van der Waals surface area contributed by atoms with Gasteiger partial charge in [0, 0.05) is 43.1 Å². The van der Waals surface area contributed by atoms with Gasteiger partial charge in [0.15, 0.2) is 0 Å². The summed E-state index contributed by atoms with van der Waals surface area (Å²) in [5.74, 6) is 1.28. The Morgan fingerprint density at radius 1 is 1.03 bits per heavy atom. The van der Waals surface area contributed by atoms with Gasteiger partial charge in [0.1, 0.15) is 16.9 Å². The Morgan fingerprint density at radius 2 is 1.78 bits per heavy atom. The second kappa shape index (κ2) is 10.4. The van der Waals surface area contributed by atoms with Crippen molar-refractivity contribution < 1.29 is 18.4 Å². The lowest BCUT2D eigenvalue weighted by molar-refractivity contribution is -0.132. The smallest absolute Gasteiger partial charge is 0.340 e. The maximum Gasteiger partial charge on any atom is 0.340 e. The number of hydrogen-bond acceptors (Lipinski definition) is 6. The third-order valence-corrected chi connectivity index (χ3v) is 8.51. The number of hydrogen-bond donors (Lipinski definition) is 0. The Labute approximate surface area is 212 Å². The molecule has 2 aliphatic heterocycles. The number of piperidine rings is 2. The number of carbonyl (C=O) groups is 1. The van der Waals surface area contributed by atoms with E-state index in [-0.39, 0.29) is 12.3 Å². The van der Waals surface area contributed by atoms with Gasteiger partial charge in [-0.3, -0.25) is 4.79 Å². The zero-order valence-electron chi connectivity index (χ0n) is 22.0. The molecule has 2 atom stereocenters. The third-order valence-electron chi connectivity index (χ3n) is 8.51.